The van der Waals surface area contributed by atoms with Crippen molar-refractivity contribution < 1.29 is 52.4 Å². The Morgan fingerprint density at radius 3 is 2.00 bits per heavy atom. The number of rotatable bonds is 8. The number of esters is 4. The minimum absolute atomic E-state index is 0.145. The van der Waals surface area contributed by atoms with E-state index in [1.165, 1.54) is 13.8 Å². The quantitative estimate of drug-likeness (QED) is 0.317. The van der Waals surface area contributed by atoms with Crippen LogP contribution in [-0.2, 0) is 42.9 Å². The third kappa shape index (κ3) is 6.60. The summed E-state index contributed by atoms with van der Waals surface area (Å²) in [7, 11) is 0. The van der Waals surface area contributed by atoms with Gasteiger partial charge in [0, 0.05) is 51.6 Å². The zero-order chi connectivity index (χ0) is 26.6. The van der Waals surface area contributed by atoms with Gasteiger partial charge in [-0.15, -0.1) is 0 Å². The molecule has 1 aliphatic rings. The second kappa shape index (κ2) is 11.2. The van der Waals surface area contributed by atoms with E-state index in [1.807, 2.05) is 0 Å². The summed E-state index contributed by atoms with van der Waals surface area (Å²) in [5.41, 5.74) is 1.01. The van der Waals surface area contributed by atoms with Crippen LogP contribution in [-0.4, -0.2) is 72.0 Å². The molecule has 2 aromatic rings. The lowest BCUT2D eigenvalue weighted by atomic mass is 9.98. The molecule has 1 N–H and O–H groups in total. The zero-order valence-corrected chi connectivity index (χ0v) is 20.4. The number of carbonyl (C=O) groups excluding carboxylic acids is 5. The van der Waals surface area contributed by atoms with E-state index in [1.54, 1.807) is 24.3 Å². The molecule has 3 rings (SSSR count). The van der Waals surface area contributed by atoms with Crippen LogP contribution in [0.2, 0.25) is 0 Å². The van der Waals surface area contributed by atoms with Gasteiger partial charge in [-0.1, -0.05) is 0 Å². The van der Waals surface area contributed by atoms with Crippen molar-refractivity contribution in [3.63, 3.8) is 0 Å². The molecular formula is C24H27NO11. The van der Waals surface area contributed by atoms with Crippen molar-refractivity contribution in [3.8, 4) is 5.75 Å². The molecule has 1 aliphatic heterocycles. The first-order valence-electron chi connectivity index (χ1n) is 11.1. The molecule has 2 heterocycles. The minimum Gasteiger partial charge on any atom is -0.463 e. The third-order valence-corrected chi connectivity index (χ3v) is 5.17. The molecule has 12 heteroatoms. The van der Waals surface area contributed by atoms with E-state index in [9.17, 15) is 24.0 Å². The van der Waals surface area contributed by atoms with Crippen molar-refractivity contribution in [3.05, 3.63) is 30.0 Å². The molecule has 0 aliphatic carbocycles. The van der Waals surface area contributed by atoms with Crippen molar-refractivity contribution in [2.75, 3.05) is 6.61 Å². The van der Waals surface area contributed by atoms with E-state index < -0.39 is 54.6 Å². The number of H-pyrrole nitrogens is 1. The second-order valence-corrected chi connectivity index (χ2v) is 8.17. The number of ketones is 1. The number of benzene rings is 1. The van der Waals surface area contributed by atoms with Crippen molar-refractivity contribution >= 4 is 40.6 Å². The molecule has 0 saturated carbocycles. The van der Waals surface area contributed by atoms with Crippen LogP contribution >= 0.6 is 0 Å². The fourth-order valence-corrected chi connectivity index (χ4v) is 3.79. The van der Waals surface area contributed by atoms with Gasteiger partial charge in [0.15, 0.2) is 18.0 Å². The van der Waals surface area contributed by atoms with Gasteiger partial charge in [0.05, 0.1) is 5.69 Å². The fraction of sp³-hybridized carbons (Fsp3) is 0.458. The third-order valence-electron chi connectivity index (χ3n) is 5.17. The molecule has 5 atom stereocenters. The lowest BCUT2D eigenvalue weighted by molar-refractivity contribution is -0.288. The largest absolute Gasteiger partial charge is 0.463 e. The van der Waals surface area contributed by atoms with Crippen LogP contribution in [0.4, 0.5) is 0 Å². The van der Waals surface area contributed by atoms with Gasteiger partial charge < -0.3 is 33.4 Å². The van der Waals surface area contributed by atoms with Gasteiger partial charge in [0.25, 0.3) is 0 Å². The summed E-state index contributed by atoms with van der Waals surface area (Å²) in [6.07, 6.45) is -6.45. The van der Waals surface area contributed by atoms with Crippen LogP contribution in [0.3, 0.4) is 0 Å². The number of ether oxygens (including phenoxy) is 6. The Labute approximate surface area is 206 Å². The van der Waals surface area contributed by atoms with E-state index in [-0.39, 0.29) is 18.1 Å². The van der Waals surface area contributed by atoms with E-state index in [0.29, 0.717) is 11.2 Å². The maximum atomic E-state index is 11.9. The molecule has 36 heavy (non-hydrogen) atoms. The Kier molecular flexibility index (Phi) is 8.30. The van der Waals surface area contributed by atoms with Gasteiger partial charge in [-0.25, -0.2) is 0 Å². The normalized spacial score (nSPS) is 23.4. The Morgan fingerprint density at radius 1 is 0.806 bits per heavy atom. The van der Waals surface area contributed by atoms with Gasteiger partial charge in [-0.05, 0) is 18.2 Å². The molecule has 0 spiro atoms. The summed E-state index contributed by atoms with van der Waals surface area (Å²) in [4.78, 5) is 61.8. The number of hydrogen-bond acceptors (Lipinski definition) is 11. The van der Waals surface area contributed by atoms with Crippen molar-refractivity contribution in [2.45, 2.75) is 65.3 Å². The topological polar surface area (TPSA) is 157 Å². The first kappa shape index (κ1) is 26.7. The number of Topliss-reactive ketones (excluding diaryl/α,β-unsaturated/α-hetero) is 1. The number of aromatic nitrogens is 1. The smallest absolute Gasteiger partial charge is 0.303 e. The van der Waals surface area contributed by atoms with Crippen molar-refractivity contribution in [1.82, 2.24) is 4.98 Å². The lowest BCUT2D eigenvalue weighted by Crippen LogP contribution is -2.63. The van der Waals surface area contributed by atoms with Crippen LogP contribution in [0.15, 0.2) is 24.3 Å². The molecule has 0 amide bonds. The summed E-state index contributed by atoms with van der Waals surface area (Å²) in [5.74, 6) is -2.71. The molecule has 1 aromatic carbocycles. The SMILES string of the molecule is CC(=O)OC[C@H]1OC(Oc2ccc3cc(C(C)=O)[nH]c3c2)[C@H](OC(C)=O)[C@@H](OC(C)=O)[C@H]1OC(C)=O. The van der Waals surface area contributed by atoms with E-state index in [0.717, 1.165) is 26.2 Å². The van der Waals surface area contributed by atoms with Crippen molar-refractivity contribution in [2.24, 2.45) is 0 Å². The van der Waals surface area contributed by atoms with Gasteiger partial charge in [-0.3, -0.25) is 24.0 Å². The molecule has 12 nitrogen and oxygen atoms in total. The van der Waals surface area contributed by atoms with E-state index >= 15 is 0 Å². The summed E-state index contributed by atoms with van der Waals surface area (Å²) < 4.78 is 33.0. The number of carbonyl (C=O) groups is 5. The Hall–Kier alpha value is -3.93. The molecule has 194 valence electrons. The fourth-order valence-electron chi connectivity index (χ4n) is 3.79. The highest BCUT2D eigenvalue weighted by atomic mass is 16.7. The number of fused-ring (bicyclic) bond motifs is 1. The molecule has 0 bridgehead atoms. The number of aromatic amines is 1. The summed E-state index contributed by atoms with van der Waals surface area (Å²) in [6, 6.07) is 6.61. The average molecular weight is 505 g/mol. The zero-order valence-electron chi connectivity index (χ0n) is 20.4. The van der Waals surface area contributed by atoms with Crippen LogP contribution in [0, 0.1) is 0 Å². The van der Waals surface area contributed by atoms with E-state index in [2.05, 4.69) is 4.98 Å². The molecule has 1 aromatic heterocycles. The Balaban J connectivity index is 1.99. The van der Waals surface area contributed by atoms with Crippen LogP contribution in [0.5, 0.6) is 5.75 Å². The van der Waals surface area contributed by atoms with Gasteiger partial charge in [0.1, 0.15) is 18.5 Å². The van der Waals surface area contributed by atoms with Gasteiger partial charge >= 0.3 is 23.9 Å². The molecule has 1 fully saturated rings. The van der Waals surface area contributed by atoms with Gasteiger partial charge in [0.2, 0.25) is 12.4 Å². The minimum atomic E-state index is -1.36. The Bertz CT molecular complexity index is 1170. The molecule has 1 saturated heterocycles. The summed E-state index contributed by atoms with van der Waals surface area (Å²) in [6.45, 7) is 5.66. The predicted octanol–water partition coefficient (Wildman–Crippen LogP) is 1.83. The average Bonchev–Trinajstić information content (AvgIpc) is 3.19. The first-order valence-corrected chi connectivity index (χ1v) is 11.1. The molecule has 0 radical (unpaired) electrons. The van der Waals surface area contributed by atoms with Crippen LogP contribution < -0.4 is 4.74 Å². The van der Waals surface area contributed by atoms with Gasteiger partial charge in [-0.2, -0.15) is 0 Å². The monoisotopic (exact) mass is 505 g/mol. The Morgan fingerprint density at radius 2 is 1.42 bits per heavy atom. The second-order valence-electron chi connectivity index (χ2n) is 8.17. The highest BCUT2D eigenvalue weighted by molar-refractivity contribution is 5.98. The predicted molar refractivity (Wildman–Crippen MR) is 121 cm³/mol. The van der Waals surface area contributed by atoms with Crippen LogP contribution in [0.1, 0.15) is 45.1 Å². The standard InChI is InChI=1S/C24H27NO11/c1-11(26)18-8-16-6-7-17(9-19(16)25-18)35-24-23(34-15(5)30)22(33-14(4)29)21(32-13(3)28)20(36-24)10-31-12(2)27/h6-9,20-25H,10H2,1-5H3/t20-,21+,22+,23-,24?/m1/s1. The first-order chi connectivity index (χ1) is 16.9. The van der Waals surface area contributed by atoms with Crippen LogP contribution in [0.25, 0.3) is 10.9 Å². The maximum absolute atomic E-state index is 11.9. The highest BCUT2D eigenvalue weighted by Gasteiger charge is 2.53. The molecule has 1 unspecified atom stereocenters. The summed E-state index contributed by atoms with van der Waals surface area (Å²) >= 11 is 0. The number of hydrogen-bond donors (Lipinski definition) is 1. The highest BCUT2D eigenvalue weighted by Crippen LogP contribution is 2.32. The number of nitrogens with one attached hydrogen (secondary N) is 1. The lowest BCUT2D eigenvalue weighted by Gasteiger charge is -2.43. The van der Waals surface area contributed by atoms with Crippen molar-refractivity contribution in [1.29, 1.82) is 0 Å². The van der Waals surface area contributed by atoms with E-state index in [4.69, 9.17) is 28.4 Å². The summed E-state index contributed by atoms with van der Waals surface area (Å²) in [5, 5.41) is 0.758. The maximum Gasteiger partial charge on any atom is 0.303 e. The molecular weight excluding hydrogens is 478 g/mol.